The molecule has 0 aromatic carbocycles. The van der Waals surface area contributed by atoms with Crippen molar-refractivity contribution in [3.8, 4) is 0 Å². The molecule has 0 spiro atoms. The molecule has 9 nitrogen and oxygen atoms in total. The molecule has 3 amide bonds. The van der Waals surface area contributed by atoms with E-state index in [-0.39, 0.29) is 6.54 Å². The maximum Gasteiger partial charge on any atom is 0.418 e. The highest BCUT2D eigenvalue weighted by atomic mass is 32.3. The summed E-state index contributed by atoms with van der Waals surface area (Å²) in [5, 5.41) is 0.568. The number of carbonyl (C=O) groups is 2. The number of rotatable bonds is 3. The van der Waals surface area contributed by atoms with E-state index in [1.165, 1.54) is 0 Å². The molecule has 2 aliphatic heterocycles. The Morgan fingerprint density at radius 1 is 1.47 bits per heavy atom. The van der Waals surface area contributed by atoms with E-state index in [9.17, 15) is 18.0 Å². The highest BCUT2D eigenvalue weighted by molar-refractivity contribution is 7.80. The Morgan fingerprint density at radius 3 is 2.65 bits per heavy atom. The Kier molecular flexibility index (Phi) is 2.72. The summed E-state index contributed by atoms with van der Waals surface area (Å²) in [6.07, 6.45) is 0.725. The van der Waals surface area contributed by atoms with E-state index in [1.807, 2.05) is 0 Å². The molecule has 2 heterocycles. The Hall–Kier alpha value is -1.39. The Balaban J connectivity index is 2.20. The molecule has 2 bridgehead atoms. The lowest BCUT2D eigenvalue weighted by molar-refractivity contribution is -0.122. The number of hydrogen-bond donors (Lipinski definition) is 2. The van der Waals surface area contributed by atoms with Gasteiger partial charge < -0.3 is 10.6 Å². The topological polar surface area (TPSA) is 130 Å². The fourth-order valence-corrected chi connectivity index (χ4v) is 2.52. The molecule has 2 aliphatic rings. The van der Waals surface area contributed by atoms with Crippen molar-refractivity contribution >= 4 is 22.3 Å². The van der Waals surface area contributed by atoms with Crippen LogP contribution < -0.4 is 5.73 Å². The van der Waals surface area contributed by atoms with Crippen LogP contribution in [-0.2, 0) is 19.5 Å². The Morgan fingerprint density at radius 2 is 2.12 bits per heavy atom. The van der Waals surface area contributed by atoms with Crippen LogP contribution in [0, 0.1) is 0 Å². The highest BCUT2D eigenvalue weighted by Gasteiger charge is 2.48. The van der Waals surface area contributed by atoms with Gasteiger partial charge in [0.05, 0.1) is 6.04 Å². The van der Waals surface area contributed by atoms with Gasteiger partial charge in [0.15, 0.2) is 0 Å². The summed E-state index contributed by atoms with van der Waals surface area (Å²) in [5.74, 6) is -0.648. The SMILES string of the molecule is N[13C](=O)[13C@@H]1[13CH2][13CH2][13C@@H]2CN1C(=O)N2OS(=O)(=O)O. The van der Waals surface area contributed by atoms with Crippen molar-refractivity contribution in [1.29, 1.82) is 0 Å². The quantitative estimate of drug-likeness (QED) is 0.473. The van der Waals surface area contributed by atoms with Crippen molar-refractivity contribution < 1.29 is 26.8 Å². The number of amides is 3. The number of primary amides is 1. The van der Waals surface area contributed by atoms with Gasteiger partial charge >= 0.3 is 16.4 Å². The van der Waals surface area contributed by atoms with Gasteiger partial charge in [-0.05, 0) is 12.8 Å². The van der Waals surface area contributed by atoms with Crippen LogP contribution in [0.4, 0.5) is 4.79 Å². The van der Waals surface area contributed by atoms with Crippen LogP contribution in [0.5, 0.6) is 0 Å². The molecule has 10 heteroatoms. The molecule has 0 radical (unpaired) electrons. The van der Waals surface area contributed by atoms with Gasteiger partial charge in [0.2, 0.25) is 5.91 Å². The lowest BCUT2D eigenvalue weighted by Gasteiger charge is -2.27. The van der Waals surface area contributed by atoms with Crippen LogP contribution in [0.2, 0.25) is 0 Å². The van der Waals surface area contributed by atoms with E-state index in [2.05, 4.69) is 4.28 Å². The van der Waals surface area contributed by atoms with Crippen LogP contribution in [0.1, 0.15) is 12.8 Å². The van der Waals surface area contributed by atoms with Crippen LogP contribution in [-0.4, -0.2) is 53.5 Å². The number of nitrogens with two attached hydrogens (primary N) is 1. The maximum absolute atomic E-state index is 11.7. The second-order valence-corrected chi connectivity index (χ2v) is 4.92. The molecule has 0 aliphatic carbocycles. The van der Waals surface area contributed by atoms with Crippen molar-refractivity contribution in [2.24, 2.45) is 5.73 Å². The van der Waals surface area contributed by atoms with Gasteiger partial charge in [-0.3, -0.25) is 9.35 Å². The molecule has 2 rings (SSSR count). The van der Waals surface area contributed by atoms with Crippen LogP contribution in [0.15, 0.2) is 0 Å². The summed E-state index contributed by atoms with van der Waals surface area (Å²) in [6, 6.07) is -2.04. The molecular formula is C7H11N3O6S. The zero-order valence-electron chi connectivity index (χ0n) is 8.64. The van der Waals surface area contributed by atoms with Gasteiger partial charge in [0, 0.05) is 6.54 Å². The number of hydrogen-bond acceptors (Lipinski definition) is 5. The molecule has 0 aromatic rings. The zero-order valence-corrected chi connectivity index (χ0v) is 9.46. The highest BCUT2D eigenvalue weighted by Crippen LogP contribution is 2.30. The average Bonchev–Trinajstić information content (AvgIpc) is 2.42. The Labute approximate surface area is 97.0 Å². The summed E-state index contributed by atoms with van der Waals surface area (Å²) in [4.78, 5) is 23.9. The predicted molar refractivity (Wildman–Crippen MR) is 52.6 cm³/mol. The number of hydroxylamine groups is 2. The van der Waals surface area contributed by atoms with Crippen molar-refractivity contribution in [3.05, 3.63) is 0 Å². The summed E-state index contributed by atoms with van der Waals surface area (Å²) < 4.78 is 33.8. The molecule has 0 aromatic heterocycles. The largest absolute Gasteiger partial charge is 0.418 e. The van der Waals surface area contributed by atoms with E-state index in [1.54, 1.807) is 0 Å². The second kappa shape index (κ2) is 3.82. The molecule has 2 fully saturated rings. The average molecular weight is 270 g/mol. The molecule has 2 saturated heterocycles. The third kappa shape index (κ3) is 2.18. The van der Waals surface area contributed by atoms with Crippen molar-refractivity contribution in [1.82, 2.24) is 9.96 Å². The zero-order chi connectivity index (χ0) is 12.8. The fourth-order valence-electron chi connectivity index (χ4n) is 2.13. The van der Waals surface area contributed by atoms with Gasteiger partial charge in [-0.15, -0.1) is 4.28 Å². The lowest BCUT2D eigenvalue weighted by Crippen LogP contribution is -2.47. The predicted octanol–water partition coefficient (Wildman–Crippen LogP) is -1.53. The minimum atomic E-state index is -4.75. The minimum absolute atomic E-state index is 0.155. The van der Waals surface area contributed by atoms with Gasteiger partial charge in [-0.1, -0.05) is 0 Å². The Bertz CT molecular complexity index is 462. The van der Waals surface area contributed by atoms with Crippen molar-refractivity contribution in [2.75, 3.05) is 6.54 Å². The van der Waals surface area contributed by atoms with Gasteiger partial charge in [-0.25, -0.2) is 4.79 Å². The molecule has 2 atom stereocenters. The normalized spacial score (nSPS) is 28.6. The number of urea groups is 1. The van der Waals surface area contributed by atoms with E-state index in [0.717, 1.165) is 4.90 Å². The number of nitrogens with zero attached hydrogens (tertiary/aromatic N) is 2. The van der Waals surface area contributed by atoms with E-state index in [4.69, 9.17) is 10.3 Å². The summed E-state index contributed by atoms with van der Waals surface area (Å²) in [7, 11) is -4.75. The summed E-state index contributed by atoms with van der Waals surface area (Å²) in [5.41, 5.74) is 5.13. The van der Waals surface area contributed by atoms with Crippen LogP contribution in [0.3, 0.4) is 0 Å². The fraction of sp³-hybridized carbons (Fsp3) is 0.714. The summed E-state index contributed by atoms with van der Waals surface area (Å²) >= 11 is 0. The van der Waals surface area contributed by atoms with Gasteiger partial charge in [-0.2, -0.15) is 13.5 Å². The first kappa shape index (κ1) is 12.1. The molecule has 17 heavy (non-hydrogen) atoms. The third-order valence-corrected chi connectivity index (χ3v) is 3.17. The molecular weight excluding hydrogens is 259 g/mol. The van der Waals surface area contributed by atoms with E-state index >= 15 is 0 Å². The van der Waals surface area contributed by atoms with Crippen molar-refractivity contribution in [2.45, 2.75) is 24.9 Å². The first-order chi connectivity index (χ1) is 7.79. The van der Waals surface area contributed by atoms with Crippen LogP contribution >= 0.6 is 0 Å². The maximum atomic E-state index is 11.7. The van der Waals surface area contributed by atoms with Crippen molar-refractivity contribution in [3.63, 3.8) is 0 Å². The number of carbonyl (C=O) groups excluding carboxylic acids is 2. The molecule has 0 saturated carbocycles. The number of piperidine rings is 1. The third-order valence-electron chi connectivity index (χ3n) is 2.83. The molecule has 0 unspecified atom stereocenters. The summed E-state index contributed by atoms with van der Waals surface area (Å²) in [6.45, 7) is 0.155. The van der Waals surface area contributed by atoms with Gasteiger partial charge in [0.25, 0.3) is 0 Å². The second-order valence-electron chi connectivity index (χ2n) is 3.91. The smallest absolute Gasteiger partial charge is 0.368 e. The van der Waals surface area contributed by atoms with Crippen LogP contribution in [0.25, 0.3) is 0 Å². The molecule has 3 N–H and O–H groups in total. The lowest BCUT2D eigenvalue weighted by atomic mass is 10.7. The van der Waals surface area contributed by atoms with E-state index in [0.29, 0.717) is 17.9 Å². The first-order valence-electron chi connectivity index (χ1n) is 4.86. The molecule has 96 valence electrons. The minimum Gasteiger partial charge on any atom is -0.368 e. The monoisotopic (exact) mass is 270 g/mol. The first-order valence-corrected chi connectivity index (χ1v) is 6.22. The van der Waals surface area contributed by atoms with Gasteiger partial charge in [0.1, 0.15) is 6.04 Å². The number of fused-ring (bicyclic) bond motifs is 2. The standard InChI is InChI=1S/C7H11N3O6S/c8-6(11)5-2-1-4-3-9(5)7(12)10(4)16-17(13,14)15/h4-5H,1-3H2,(H2,8,11)(H,13,14,15)/t4-,5+/m1/s1/i1+1,2+1,4+1,5+1,6+1. The van der Waals surface area contributed by atoms with E-state index < -0.39 is 34.4 Å².